The van der Waals surface area contributed by atoms with Crippen molar-refractivity contribution in [3.8, 4) is 11.3 Å². The van der Waals surface area contributed by atoms with Crippen LogP contribution in [-0.2, 0) is 16.4 Å². The zero-order valence-corrected chi connectivity index (χ0v) is 18.5. The van der Waals surface area contributed by atoms with Crippen LogP contribution < -0.4 is 10.0 Å². The molecule has 0 unspecified atom stereocenters. The van der Waals surface area contributed by atoms with Crippen molar-refractivity contribution >= 4 is 29.6 Å². The predicted octanol–water partition coefficient (Wildman–Crippen LogP) is 4.49. The number of hydrogen-bond acceptors (Lipinski definition) is 8. The van der Waals surface area contributed by atoms with Crippen LogP contribution in [0.2, 0.25) is 0 Å². The van der Waals surface area contributed by atoms with Gasteiger partial charge in [-0.1, -0.05) is 0 Å². The molecule has 0 bridgehead atoms. The van der Waals surface area contributed by atoms with E-state index in [9.17, 15) is 18.0 Å². The summed E-state index contributed by atoms with van der Waals surface area (Å²) in [5.41, 5.74) is -1.18. The summed E-state index contributed by atoms with van der Waals surface area (Å²) < 4.78 is 41.7. The molecule has 172 valence electrons. The summed E-state index contributed by atoms with van der Waals surface area (Å²) in [6.07, 6.45) is 2.53. The van der Waals surface area contributed by atoms with Gasteiger partial charge in [0.25, 0.3) is 0 Å². The number of hydrogen-bond donors (Lipinski definition) is 2. The maximum Gasteiger partial charge on any atom is 0.434 e. The van der Waals surface area contributed by atoms with Crippen molar-refractivity contribution in [3.63, 3.8) is 0 Å². The van der Waals surface area contributed by atoms with Crippen molar-refractivity contribution in [3.05, 3.63) is 54.4 Å². The highest BCUT2D eigenvalue weighted by Crippen LogP contribution is 2.34. The standard InChI is InChI=1S/C21H20F3N7OS/c1-20(2,15-7-8-26-19(29-15)31-33-13-4-5-13)18(32)30-17-6-3-12(9-27-17)14-10-25-11-16(28-14)21(22,23)24/h3,6-11,13H,4-5H2,1-2H3,(H,26,29,31)(H,27,30,32). The SMILES string of the molecule is CC(C)(C(=O)Nc1ccc(-c2cncc(C(F)(F)F)n2)cn1)c1ccnc(NSC2CC2)n1. The van der Waals surface area contributed by atoms with Crippen LogP contribution in [0.25, 0.3) is 11.3 Å². The minimum absolute atomic E-state index is 0.0283. The van der Waals surface area contributed by atoms with Crippen LogP contribution in [0.3, 0.4) is 0 Å². The fourth-order valence-electron chi connectivity index (χ4n) is 2.73. The molecule has 0 radical (unpaired) electrons. The first-order valence-electron chi connectivity index (χ1n) is 10.1. The van der Waals surface area contributed by atoms with Crippen LogP contribution in [0.4, 0.5) is 24.9 Å². The maximum absolute atomic E-state index is 12.9. The van der Waals surface area contributed by atoms with Gasteiger partial charge in [0.15, 0.2) is 5.69 Å². The average molecular weight is 476 g/mol. The summed E-state index contributed by atoms with van der Waals surface area (Å²) in [5.74, 6) is 0.338. The van der Waals surface area contributed by atoms with Gasteiger partial charge in [0, 0.05) is 23.2 Å². The Morgan fingerprint density at radius 3 is 2.48 bits per heavy atom. The summed E-state index contributed by atoms with van der Waals surface area (Å²) in [5, 5.41) is 3.30. The number of pyridine rings is 1. The minimum atomic E-state index is -4.59. The molecule has 0 aliphatic heterocycles. The summed E-state index contributed by atoms with van der Waals surface area (Å²) in [6, 6.07) is 4.68. The lowest BCUT2D eigenvalue weighted by atomic mass is 9.88. The number of nitrogens with one attached hydrogen (secondary N) is 2. The zero-order valence-electron chi connectivity index (χ0n) is 17.7. The second kappa shape index (κ2) is 8.93. The van der Waals surface area contributed by atoms with Crippen molar-refractivity contribution in [2.75, 3.05) is 10.0 Å². The van der Waals surface area contributed by atoms with Gasteiger partial charge in [-0.3, -0.25) is 14.5 Å². The Labute approximate surface area is 192 Å². The topological polar surface area (TPSA) is 106 Å². The van der Waals surface area contributed by atoms with Gasteiger partial charge in [-0.25, -0.2) is 19.9 Å². The van der Waals surface area contributed by atoms with E-state index in [1.165, 1.54) is 24.5 Å². The number of anilines is 2. The van der Waals surface area contributed by atoms with Crippen LogP contribution in [0.15, 0.2) is 43.0 Å². The highest BCUT2D eigenvalue weighted by Gasteiger charge is 2.34. The molecule has 4 rings (SSSR count). The van der Waals surface area contributed by atoms with Gasteiger partial charge in [0.1, 0.15) is 5.82 Å². The van der Waals surface area contributed by atoms with E-state index in [2.05, 4.69) is 35.0 Å². The van der Waals surface area contributed by atoms with Crippen molar-refractivity contribution in [2.45, 2.75) is 43.5 Å². The molecule has 0 aromatic carbocycles. The number of alkyl halides is 3. The number of aromatic nitrogens is 5. The molecule has 8 nitrogen and oxygen atoms in total. The fraction of sp³-hybridized carbons (Fsp3) is 0.333. The number of carbonyl (C=O) groups excluding carboxylic acids is 1. The monoisotopic (exact) mass is 475 g/mol. The lowest BCUT2D eigenvalue weighted by Crippen LogP contribution is -2.36. The number of amides is 1. The first-order valence-corrected chi connectivity index (χ1v) is 10.9. The Kier molecular flexibility index (Phi) is 6.19. The van der Waals surface area contributed by atoms with E-state index in [-0.39, 0.29) is 17.4 Å². The molecule has 0 saturated heterocycles. The Balaban J connectivity index is 1.45. The lowest BCUT2D eigenvalue weighted by molar-refractivity contribution is -0.141. The molecule has 3 aromatic rings. The normalized spacial score (nSPS) is 14.1. The Hall–Kier alpha value is -3.28. The summed E-state index contributed by atoms with van der Waals surface area (Å²) in [7, 11) is 0. The van der Waals surface area contributed by atoms with E-state index in [1.54, 1.807) is 38.1 Å². The predicted molar refractivity (Wildman–Crippen MR) is 118 cm³/mol. The lowest BCUT2D eigenvalue weighted by Gasteiger charge is -2.23. The van der Waals surface area contributed by atoms with Crippen LogP contribution in [0.1, 0.15) is 38.1 Å². The summed E-state index contributed by atoms with van der Waals surface area (Å²) in [4.78, 5) is 32.9. The molecule has 1 aliphatic rings. The molecule has 1 fully saturated rings. The molecular formula is C21H20F3N7OS. The van der Waals surface area contributed by atoms with Gasteiger partial charge in [-0.2, -0.15) is 13.2 Å². The number of carbonyl (C=O) groups is 1. The molecule has 3 heterocycles. The minimum Gasteiger partial charge on any atom is -0.310 e. The van der Waals surface area contributed by atoms with E-state index >= 15 is 0 Å². The van der Waals surface area contributed by atoms with Crippen LogP contribution >= 0.6 is 11.9 Å². The van der Waals surface area contributed by atoms with Crippen LogP contribution in [0, 0.1) is 0 Å². The quantitative estimate of drug-likeness (QED) is 0.482. The van der Waals surface area contributed by atoms with E-state index in [0.717, 1.165) is 12.8 Å². The second-order valence-corrected chi connectivity index (χ2v) is 9.09. The van der Waals surface area contributed by atoms with E-state index in [0.29, 0.717) is 28.7 Å². The van der Waals surface area contributed by atoms with E-state index < -0.39 is 17.3 Å². The smallest absolute Gasteiger partial charge is 0.310 e. The van der Waals surface area contributed by atoms with Crippen molar-refractivity contribution in [2.24, 2.45) is 0 Å². The molecule has 12 heteroatoms. The number of nitrogens with zero attached hydrogens (tertiary/aromatic N) is 5. The largest absolute Gasteiger partial charge is 0.434 e. The van der Waals surface area contributed by atoms with E-state index in [4.69, 9.17) is 0 Å². The third kappa shape index (κ3) is 5.56. The molecule has 1 aliphatic carbocycles. The number of halogens is 3. The molecular weight excluding hydrogens is 455 g/mol. The molecule has 0 atom stereocenters. The summed E-state index contributed by atoms with van der Waals surface area (Å²) >= 11 is 1.57. The fourth-order valence-corrected chi connectivity index (χ4v) is 3.47. The Bertz CT molecular complexity index is 1150. The summed E-state index contributed by atoms with van der Waals surface area (Å²) in [6.45, 7) is 3.46. The second-order valence-electron chi connectivity index (χ2n) is 7.98. The van der Waals surface area contributed by atoms with Gasteiger partial charge in [-0.15, -0.1) is 0 Å². The van der Waals surface area contributed by atoms with Gasteiger partial charge < -0.3 is 5.32 Å². The number of rotatable bonds is 7. The molecule has 0 spiro atoms. The maximum atomic E-state index is 12.9. The molecule has 2 N–H and O–H groups in total. The Morgan fingerprint density at radius 1 is 1.03 bits per heavy atom. The van der Waals surface area contributed by atoms with E-state index in [1.807, 2.05) is 0 Å². The van der Waals surface area contributed by atoms with Gasteiger partial charge in [0.05, 0.1) is 29.2 Å². The first-order chi connectivity index (χ1) is 15.6. The highest BCUT2D eigenvalue weighted by molar-refractivity contribution is 8.01. The van der Waals surface area contributed by atoms with Crippen molar-refractivity contribution in [1.82, 2.24) is 24.9 Å². The average Bonchev–Trinajstić information content (AvgIpc) is 3.62. The first kappa shape index (κ1) is 22.9. The molecule has 33 heavy (non-hydrogen) atoms. The molecule has 1 saturated carbocycles. The highest BCUT2D eigenvalue weighted by atomic mass is 32.2. The third-order valence-corrected chi connectivity index (χ3v) is 6.04. The van der Waals surface area contributed by atoms with Crippen LogP contribution in [-0.4, -0.2) is 36.1 Å². The van der Waals surface area contributed by atoms with Crippen LogP contribution in [0.5, 0.6) is 0 Å². The van der Waals surface area contributed by atoms with Gasteiger partial charge >= 0.3 is 6.18 Å². The van der Waals surface area contributed by atoms with Gasteiger partial charge in [0.2, 0.25) is 11.9 Å². The molecule has 1 amide bonds. The van der Waals surface area contributed by atoms with Crippen molar-refractivity contribution in [1.29, 1.82) is 0 Å². The zero-order chi connectivity index (χ0) is 23.6. The van der Waals surface area contributed by atoms with Gasteiger partial charge in [-0.05, 0) is 56.8 Å². The molecule has 3 aromatic heterocycles. The van der Waals surface area contributed by atoms with Crippen molar-refractivity contribution < 1.29 is 18.0 Å². The third-order valence-electron chi connectivity index (χ3n) is 4.93. The Morgan fingerprint density at radius 2 is 1.82 bits per heavy atom.